The van der Waals surface area contributed by atoms with Crippen LogP contribution in [0.15, 0.2) is 24.5 Å². The number of carbonyl (C=O) groups is 3. The first-order valence-electron chi connectivity index (χ1n) is 16.0. The maximum absolute atomic E-state index is 13.6. The van der Waals surface area contributed by atoms with Gasteiger partial charge in [0.25, 0.3) is 0 Å². The largest absolute Gasteiger partial charge is 0.462 e. The Morgan fingerprint density at radius 1 is 0.957 bits per heavy atom. The number of rotatable bonds is 11. The first kappa shape index (κ1) is 36.2. The van der Waals surface area contributed by atoms with Gasteiger partial charge in [0.1, 0.15) is 29.5 Å². The van der Waals surface area contributed by atoms with Crippen molar-refractivity contribution in [1.82, 2.24) is 19.4 Å². The highest BCUT2D eigenvalue weighted by molar-refractivity contribution is 6.76. The number of hydrogen-bond donors (Lipinski definition) is 0. The Bertz CT molecular complexity index is 1610. The average molecular weight is 688 g/mol. The molecule has 1 aromatic carbocycles. The molecule has 1 amide bonds. The van der Waals surface area contributed by atoms with Gasteiger partial charge in [0.2, 0.25) is 0 Å². The molecule has 1 fully saturated rings. The lowest BCUT2D eigenvalue weighted by Gasteiger charge is -2.37. The summed E-state index contributed by atoms with van der Waals surface area (Å²) in [6.07, 6.45) is 0.974. The fourth-order valence-electron chi connectivity index (χ4n) is 5.26. The molecule has 12 nitrogen and oxygen atoms in total. The van der Waals surface area contributed by atoms with Crippen molar-refractivity contribution in [1.29, 1.82) is 0 Å². The third-order valence-electron chi connectivity index (χ3n) is 7.54. The normalized spacial score (nSPS) is 14.0. The summed E-state index contributed by atoms with van der Waals surface area (Å²) in [7, 11) is -1.39. The number of halogens is 1. The molecule has 0 spiro atoms. The highest BCUT2D eigenvalue weighted by Gasteiger charge is 2.32. The predicted octanol–water partition coefficient (Wildman–Crippen LogP) is 6.47. The topological polar surface area (TPSA) is 125 Å². The Morgan fingerprint density at radius 3 is 2.23 bits per heavy atom. The zero-order valence-electron chi connectivity index (χ0n) is 28.6. The van der Waals surface area contributed by atoms with Crippen LogP contribution in [0.3, 0.4) is 0 Å². The van der Waals surface area contributed by atoms with Gasteiger partial charge in [-0.05, 0) is 58.9 Å². The van der Waals surface area contributed by atoms with E-state index >= 15 is 0 Å². The minimum absolute atomic E-state index is 0.0553. The number of fused-ring (bicyclic) bond motifs is 1. The number of ether oxygens (including phenoxy) is 4. The van der Waals surface area contributed by atoms with Gasteiger partial charge < -0.3 is 33.3 Å². The Balaban J connectivity index is 1.81. The highest BCUT2D eigenvalue weighted by Crippen LogP contribution is 2.39. The van der Waals surface area contributed by atoms with E-state index in [-0.39, 0.29) is 42.3 Å². The van der Waals surface area contributed by atoms with E-state index in [1.54, 1.807) is 35.4 Å². The van der Waals surface area contributed by atoms with Gasteiger partial charge in [-0.2, -0.15) is 0 Å². The van der Waals surface area contributed by atoms with E-state index in [0.29, 0.717) is 55.1 Å². The van der Waals surface area contributed by atoms with Crippen molar-refractivity contribution in [2.45, 2.75) is 72.6 Å². The number of esters is 2. The standard InChI is InChI=1S/C33H46ClN5O7Si/c1-9-44-30(40)24-19-22(37-13-15-38(16-14-37)32(42)46-33(3,4)5)11-12-23(24)27-25(31(41)45-10-2)26-28(34)35-20-36-29(26)39(27)21-43-17-18-47(6,7)8/h11-12,19-20H,9-10,13-18,21H2,1-8H3. The van der Waals surface area contributed by atoms with E-state index in [0.717, 1.165) is 11.7 Å². The molecule has 1 aliphatic heterocycles. The molecular weight excluding hydrogens is 642 g/mol. The highest BCUT2D eigenvalue weighted by atomic mass is 35.5. The van der Waals surface area contributed by atoms with Crippen molar-refractivity contribution in [3.8, 4) is 11.3 Å². The molecule has 2 aromatic heterocycles. The second kappa shape index (κ2) is 15.0. The quantitative estimate of drug-likeness (QED) is 0.0728. The molecule has 0 unspecified atom stereocenters. The molecule has 3 heterocycles. The van der Waals surface area contributed by atoms with Crippen LogP contribution in [0, 0.1) is 0 Å². The fourth-order valence-corrected chi connectivity index (χ4v) is 6.24. The Kier molecular flexibility index (Phi) is 11.6. The summed E-state index contributed by atoms with van der Waals surface area (Å²) in [4.78, 5) is 52.3. The van der Waals surface area contributed by atoms with Gasteiger partial charge in [-0.3, -0.25) is 0 Å². The minimum atomic E-state index is -1.39. The molecule has 3 aromatic rings. The first-order chi connectivity index (χ1) is 22.1. The van der Waals surface area contributed by atoms with E-state index < -0.39 is 25.6 Å². The Morgan fingerprint density at radius 2 is 1.62 bits per heavy atom. The van der Waals surface area contributed by atoms with Crippen molar-refractivity contribution in [2.24, 2.45) is 0 Å². The fraction of sp³-hybridized carbons (Fsp3) is 0.545. The maximum atomic E-state index is 13.6. The maximum Gasteiger partial charge on any atom is 0.410 e. The first-order valence-corrected chi connectivity index (χ1v) is 20.1. The summed E-state index contributed by atoms with van der Waals surface area (Å²) in [5, 5.41) is 0.394. The third kappa shape index (κ3) is 8.82. The van der Waals surface area contributed by atoms with Gasteiger partial charge >= 0.3 is 18.0 Å². The van der Waals surface area contributed by atoms with Gasteiger partial charge in [-0.25, -0.2) is 24.4 Å². The molecule has 4 rings (SSSR count). The molecular formula is C33H46ClN5O7Si. The monoisotopic (exact) mass is 687 g/mol. The minimum Gasteiger partial charge on any atom is -0.462 e. The van der Waals surface area contributed by atoms with Crippen LogP contribution in [-0.4, -0.2) is 97.1 Å². The second-order valence-electron chi connectivity index (χ2n) is 13.5. The Labute approximate surface area is 282 Å². The SMILES string of the molecule is CCOC(=O)c1cc(N2CCN(C(=O)OC(C)(C)C)CC2)ccc1-c1c(C(=O)OCC)c2c(Cl)ncnc2n1COCC[Si](C)(C)C. The van der Waals surface area contributed by atoms with Gasteiger partial charge in [0, 0.05) is 52.1 Å². The molecule has 14 heteroatoms. The molecule has 0 N–H and O–H groups in total. The van der Waals surface area contributed by atoms with E-state index in [4.69, 9.17) is 30.5 Å². The molecule has 0 aliphatic carbocycles. The molecule has 0 radical (unpaired) electrons. The molecule has 256 valence electrons. The molecule has 1 aliphatic rings. The van der Waals surface area contributed by atoms with Crippen molar-refractivity contribution in [2.75, 3.05) is 50.9 Å². The van der Waals surface area contributed by atoms with Crippen molar-refractivity contribution >= 4 is 54.4 Å². The van der Waals surface area contributed by atoms with E-state index in [9.17, 15) is 14.4 Å². The summed E-state index contributed by atoms with van der Waals surface area (Å²) in [5.74, 6) is -1.18. The molecule has 1 saturated heterocycles. The summed E-state index contributed by atoms with van der Waals surface area (Å²) >= 11 is 6.61. The number of nitrogens with zero attached hydrogens (tertiary/aromatic N) is 5. The zero-order valence-corrected chi connectivity index (χ0v) is 30.4. The molecule has 0 atom stereocenters. The van der Waals surface area contributed by atoms with Crippen molar-refractivity contribution < 1.29 is 33.3 Å². The number of anilines is 1. The van der Waals surface area contributed by atoms with Crippen LogP contribution in [0.25, 0.3) is 22.3 Å². The lowest BCUT2D eigenvalue weighted by Crippen LogP contribution is -2.50. The number of piperazine rings is 1. The van der Waals surface area contributed by atoms with Crippen molar-refractivity contribution in [3.05, 3.63) is 40.8 Å². The number of hydrogen-bond acceptors (Lipinski definition) is 10. The van der Waals surface area contributed by atoms with Crippen LogP contribution in [0.1, 0.15) is 55.3 Å². The van der Waals surface area contributed by atoms with E-state index in [1.165, 1.54) is 6.33 Å². The lowest BCUT2D eigenvalue weighted by atomic mass is 9.99. The number of benzene rings is 1. The van der Waals surface area contributed by atoms with Crippen LogP contribution >= 0.6 is 11.6 Å². The number of amides is 1. The number of carbonyl (C=O) groups excluding carboxylic acids is 3. The predicted molar refractivity (Wildman–Crippen MR) is 184 cm³/mol. The van der Waals surface area contributed by atoms with Crippen LogP contribution < -0.4 is 4.90 Å². The Hall–Kier alpha value is -3.68. The second-order valence-corrected chi connectivity index (χ2v) is 19.5. The third-order valence-corrected chi connectivity index (χ3v) is 9.53. The van der Waals surface area contributed by atoms with Gasteiger partial charge in [-0.15, -0.1) is 0 Å². The van der Waals surface area contributed by atoms with E-state index in [1.807, 2.05) is 26.8 Å². The summed E-state index contributed by atoms with van der Waals surface area (Å²) in [5.41, 5.74) is 1.77. The van der Waals surface area contributed by atoms with Crippen molar-refractivity contribution in [3.63, 3.8) is 0 Å². The molecule has 0 bridgehead atoms. The van der Waals surface area contributed by atoms with Crippen LogP contribution in [0.4, 0.5) is 10.5 Å². The van der Waals surface area contributed by atoms with Gasteiger partial charge in [0.05, 0.1) is 35.4 Å². The van der Waals surface area contributed by atoms with Crippen LogP contribution in [-0.2, 0) is 25.7 Å². The molecule has 47 heavy (non-hydrogen) atoms. The summed E-state index contributed by atoms with van der Waals surface area (Å²) in [6, 6.07) is 6.37. The van der Waals surface area contributed by atoms with Gasteiger partial charge in [-0.1, -0.05) is 31.2 Å². The summed E-state index contributed by atoms with van der Waals surface area (Å²) < 4.78 is 24.5. The summed E-state index contributed by atoms with van der Waals surface area (Å²) in [6.45, 7) is 18.6. The number of aromatic nitrogens is 3. The average Bonchev–Trinajstić information content (AvgIpc) is 3.33. The van der Waals surface area contributed by atoms with Crippen LogP contribution in [0.2, 0.25) is 30.8 Å². The van der Waals surface area contributed by atoms with Gasteiger partial charge in [0.15, 0.2) is 0 Å². The van der Waals surface area contributed by atoms with E-state index in [2.05, 4.69) is 34.5 Å². The van der Waals surface area contributed by atoms with Crippen LogP contribution in [0.5, 0.6) is 0 Å². The lowest BCUT2D eigenvalue weighted by molar-refractivity contribution is 0.0240. The molecule has 0 saturated carbocycles. The zero-order chi connectivity index (χ0) is 34.5. The smallest absolute Gasteiger partial charge is 0.410 e.